The lowest BCUT2D eigenvalue weighted by atomic mass is 9.96. The van der Waals surface area contributed by atoms with Crippen LogP contribution in [0.15, 0.2) is 47.1 Å². The van der Waals surface area contributed by atoms with Crippen molar-refractivity contribution in [3.63, 3.8) is 0 Å². The summed E-state index contributed by atoms with van der Waals surface area (Å²) in [6.45, 7) is 0.765. The third kappa shape index (κ3) is 5.77. The van der Waals surface area contributed by atoms with Gasteiger partial charge in [-0.1, -0.05) is 12.1 Å². The van der Waals surface area contributed by atoms with Gasteiger partial charge in [-0.3, -0.25) is 14.3 Å². The van der Waals surface area contributed by atoms with Crippen LogP contribution in [0.5, 0.6) is 0 Å². The van der Waals surface area contributed by atoms with Gasteiger partial charge in [-0.15, -0.1) is 0 Å². The van der Waals surface area contributed by atoms with Crippen molar-refractivity contribution in [2.45, 2.75) is 12.8 Å². The van der Waals surface area contributed by atoms with E-state index >= 15 is 0 Å². The molecular weight excluding hydrogens is 460 g/mol. The average Bonchev–Trinajstić information content (AvgIpc) is 2.68. The molecular formula is C19H21BrN4O4S. The lowest BCUT2D eigenvalue weighted by Crippen LogP contribution is -2.44. The number of benzene rings is 1. The molecule has 2 heterocycles. The Morgan fingerprint density at radius 2 is 1.97 bits per heavy atom. The van der Waals surface area contributed by atoms with Crippen LogP contribution in [-0.4, -0.2) is 49.5 Å². The number of para-hydroxylation sites is 1. The summed E-state index contributed by atoms with van der Waals surface area (Å²) in [6, 6.07) is 9.93. The van der Waals surface area contributed by atoms with Crippen molar-refractivity contribution < 1.29 is 18.0 Å². The van der Waals surface area contributed by atoms with Gasteiger partial charge in [0.15, 0.2) is 0 Å². The minimum Gasteiger partial charge on any atom is -0.338 e. The topological polar surface area (TPSA) is 108 Å². The molecule has 0 radical (unpaired) electrons. The third-order valence-corrected chi connectivity index (χ3v) is 5.57. The van der Waals surface area contributed by atoms with Gasteiger partial charge < -0.3 is 10.2 Å². The predicted octanol–water partition coefficient (Wildman–Crippen LogP) is 2.71. The zero-order valence-corrected chi connectivity index (χ0v) is 18.2. The third-order valence-electron chi connectivity index (χ3n) is 4.51. The summed E-state index contributed by atoms with van der Waals surface area (Å²) in [5.41, 5.74) is 0.485. The number of pyridine rings is 1. The van der Waals surface area contributed by atoms with Crippen LogP contribution >= 0.6 is 15.9 Å². The van der Waals surface area contributed by atoms with Crippen LogP contribution in [-0.2, 0) is 14.8 Å². The maximum atomic E-state index is 13.0. The minimum absolute atomic E-state index is 0.195. The first-order chi connectivity index (χ1) is 13.7. The first-order valence-electron chi connectivity index (χ1n) is 9.01. The molecule has 1 aliphatic rings. The number of halogens is 1. The summed E-state index contributed by atoms with van der Waals surface area (Å²) in [4.78, 5) is 31.4. The number of anilines is 2. The molecule has 3 rings (SSSR count). The quantitative estimate of drug-likeness (QED) is 0.683. The number of piperidine rings is 1. The summed E-state index contributed by atoms with van der Waals surface area (Å²) in [7, 11) is -3.52. The number of hydrogen-bond donors (Lipinski definition) is 2. The zero-order chi connectivity index (χ0) is 21.0. The van der Waals surface area contributed by atoms with E-state index in [-0.39, 0.29) is 35.5 Å². The van der Waals surface area contributed by atoms with E-state index in [4.69, 9.17) is 0 Å². The Kier molecular flexibility index (Phi) is 6.53. The van der Waals surface area contributed by atoms with Crippen molar-refractivity contribution in [1.82, 2.24) is 9.88 Å². The molecule has 1 aromatic heterocycles. The van der Waals surface area contributed by atoms with Crippen molar-refractivity contribution in [3.8, 4) is 0 Å². The van der Waals surface area contributed by atoms with Gasteiger partial charge in [0.2, 0.25) is 15.9 Å². The van der Waals surface area contributed by atoms with Crippen LogP contribution in [0.25, 0.3) is 0 Å². The minimum atomic E-state index is -3.52. The smallest absolute Gasteiger partial charge is 0.256 e. The summed E-state index contributed by atoms with van der Waals surface area (Å²) in [5.74, 6) is -0.423. The Hall–Kier alpha value is -2.46. The first-order valence-corrected chi connectivity index (χ1v) is 11.7. The van der Waals surface area contributed by atoms with Gasteiger partial charge >= 0.3 is 0 Å². The Morgan fingerprint density at radius 1 is 1.21 bits per heavy atom. The van der Waals surface area contributed by atoms with Crippen molar-refractivity contribution >= 4 is 49.3 Å². The number of rotatable bonds is 5. The summed E-state index contributed by atoms with van der Waals surface area (Å²) in [6.07, 6.45) is 3.97. The molecule has 1 atom stereocenters. The lowest BCUT2D eigenvalue weighted by molar-refractivity contribution is -0.121. The van der Waals surface area contributed by atoms with Gasteiger partial charge in [0.05, 0.1) is 23.4 Å². The average molecular weight is 481 g/mol. The fourth-order valence-corrected chi connectivity index (χ4v) is 3.99. The van der Waals surface area contributed by atoms with Crippen molar-refractivity contribution in [2.24, 2.45) is 5.92 Å². The highest BCUT2D eigenvalue weighted by molar-refractivity contribution is 9.10. The molecule has 29 heavy (non-hydrogen) atoms. The number of nitrogens with one attached hydrogen (secondary N) is 2. The van der Waals surface area contributed by atoms with Gasteiger partial charge in [0.25, 0.3) is 5.91 Å². The fourth-order valence-electron chi connectivity index (χ4n) is 3.18. The molecule has 1 fully saturated rings. The second kappa shape index (κ2) is 8.91. The first kappa shape index (κ1) is 21.3. The number of carbonyl (C=O) groups is 2. The van der Waals surface area contributed by atoms with Crippen LogP contribution in [0.2, 0.25) is 0 Å². The predicted molar refractivity (Wildman–Crippen MR) is 114 cm³/mol. The highest BCUT2D eigenvalue weighted by Gasteiger charge is 2.30. The van der Waals surface area contributed by atoms with Crippen LogP contribution < -0.4 is 10.0 Å². The highest BCUT2D eigenvalue weighted by Crippen LogP contribution is 2.24. The molecule has 0 spiro atoms. The Morgan fingerprint density at radius 3 is 2.66 bits per heavy atom. The molecule has 2 N–H and O–H groups in total. The number of amides is 2. The number of likely N-dealkylation sites (tertiary alicyclic amines) is 1. The second-order valence-corrected chi connectivity index (χ2v) is 9.53. The molecule has 1 saturated heterocycles. The van der Waals surface area contributed by atoms with Gasteiger partial charge in [0, 0.05) is 23.8 Å². The van der Waals surface area contributed by atoms with Crippen LogP contribution in [0.3, 0.4) is 0 Å². The fraction of sp³-hybridized carbons (Fsp3) is 0.316. The van der Waals surface area contributed by atoms with Crippen molar-refractivity contribution in [2.75, 3.05) is 29.4 Å². The molecule has 2 amide bonds. The lowest BCUT2D eigenvalue weighted by Gasteiger charge is -2.32. The van der Waals surface area contributed by atoms with Crippen LogP contribution in [0.1, 0.15) is 23.2 Å². The number of nitrogens with zero attached hydrogens (tertiary/aromatic N) is 2. The van der Waals surface area contributed by atoms with E-state index in [9.17, 15) is 18.0 Å². The molecule has 0 saturated carbocycles. The molecule has 1 unspecified atom stereocenters. The Bertz CT molecular complexity index is 1010. The van der Waals surface area contributed by atoms with Crippen molar-refractivity contribution in [3.05, 3.63) is 52.6 Å². The van der Waals surface area contributed by atoms with Gasteiger partial charge in [-0.05, 0) is 53.0 Å². The Labute approximate surface area is 177 Å². The van der Waals surface area contributed by atoms with Gasteiger partial charge in [-0.25, -0.2) is 13.4 Å². The largest absolute Gasteiger partial charge is 0.338 e. The SMILES string of the molecule is CS(=O)(=O)Nc1ccccc1C(=O)N1CCCC(C(=O)Nc2ccc(Br)cn2)C1. The molecule has 10 heteroatoms. The summed E-state index contributed by atoms with van der Waals surface area (Å²) >= 11 is 3.30. The van der Waals surface area contributed by atoms with Crippen molar-refractivity contribution in [1.29, 1.82) is 0 Å². The Balaban J connectivity index is 1.71. The maximum absolute atomic E-state index is 13.0. The van der Waals surface area contributed by atoms with E-state index in [1.807, 2.05) is 0 Å². The number of carbonyl (C=O) groups excluding carboxylic acids is 2. The maximum Gasteiger partial charge on any atom is 0.256 e. The monoisotopic (exact) mass is 480 g/mol. The summed E-state index contributed by atoms with van der Waals surface area (Å²) in [5, 5.41) is 2.78. The normalized spacial score (nSPS) is 16.9. The molecule has 154 valence electrons. The van der Waals surface area contributed by atoms with E-state index in [0.29, 0.717) is 25.2 Å². The van der Waals surface area contributed by atoms with Crippen LogP contribution in [0, 0.1) is 5.92 Å². The van der Waals surface area contributed by atoms with E-state index < -0.39 is 10.0 Å². The second-order valence-electron chi connectivity index (χ2n) is 6.86. The zero-order valence-electron chi connectivity index (χ0n) is 15.8. The van der Waals surface area contributed by atoms with Crippen LogP contribution in [0.4, 0.5) is 11.5 Å². The number of hydrogen-bond acceptors (Lipinski definition) is 5. The van der Waals surface area contributed by atoms with Gasteiger partial charge in [0.1, 0.15) is 5.82 Å². The van der Waals surface area contributed by atoms with E-state index in [1.54, 1.807) is 47.5 Å². The highest BCUT2D eigenvalue weighted by atomic mass is 79.9. The molecule has 1 aliphatic heterocycles. The van der Waals surface area contributed by atoms with Gasteiger partial charge in [-0.2, -0.15) is 0 Å². The number of aromatic nitrogens is 1. The summed E-state index contributed by atoms with van der Waals surface area (Å²) < 4.78 is 26.4. The van der Waals surface area contributed by atoms with E-state index in [1.165, 1.54) is 0 Å². The molecule has 1 aromatic carbocycles. The standard InChI is InChI=1S/C19H21BrN4O4S/c1-29(27,28)23-16-7-3-2-6-15(16)19(26)24-10-4-5-13(12-24)18(25)22-17-9-8-14(20)11-21-17/h2-3,6-9,11,13,23H,4-5,10,12H2,1H3,(H,21,22,25). The van der Waals surface area contributed by atoms with E-state index in [0.717, 1.165) is 10.7 Å². The molecule has 0 bridgehead atoms. The molecule has 8 nitrogen and oxygen atoms in total. The van der Waals surface area contributed by atoms with E-state index in [2.05, 4.69) is 31.0 Å². The molecule has 0 aliphatic carbocycles. The molecule has 2 aromatic rings. The number of sulfonamides is 1.